The molecule has 0 aliphatic rings. The topological polar surface area (TPSA) is 73.3 Å². The number of aryl methyl sites for hydroxylation is 1. The zero-order chi connectivity index (χ0) is 21.5. The summed E-state index contributed by atoms with van der Waals surface area (Å²) >= 11 is 0. The van der Waals surface area contributed by atoms with E-state index in [2.05, 4.69) is 15.3 Å². The van der Waals surface area contributed by atoms with E-state index in [0.29, 0.717) is 23.6 Å². The minimum Gasteiger partial charge on any atom is -0.489 e. The number of amides is 1. The van der Waals surface area contributed by atoms with E-state index in [4.69, 9.17) is 9.47 Å². The zero-order valence-electron chi connectivity index (χ0n) is 17.0. The van der Waals surface area contributed by atoms with Crippen molar-refractivity contribution in [3.63, 3.8) is 0 Å². The number of para-hydroxylation sites is 1. The SMILES string of the molecule is Cc1cc(Oc2ncccn2)ccc1NC(=O)c1ccc(COc2ccccc2)cc1. The molecule has 0 fully saturated rings. The predicted octanol–water partition coefficient (Wildman–Crippen LogP) is 5.41. The Kier molecular flexibility index (Phi) is 6.18. The number of aromatic nitrogens is 2. The quantitative estimate of drug-likeness (QED) is 0.440. The number of carbonyl (C=O) groups excluding carboxylic acids is 1. The molecule has 31 heavy (non-hydrogen) atoms. The second-order valence-corrected chi connectivity index (χ2v) is 6.86. The molecule has 6 heteroatoms. The van der Waals surface area contributed by atoms with Crippen molar-refractivity contribution in [3.8, 4) is 17.5 Å². The lowest BCUT2D eigenvalue weighted by Gasteiger charge is -2.11. The molecule has 0 saturated heterocycles. The van der Waals surface area contributed by atoms with Crippen molar-refractivity contribution in [3.05, 3.63) is 108 Å². The van der Waals surface area contributed by atoms with Gasteiger partial charge in [-0.1, -0.05) is 30.3 Å². The molecule has 1 heterocycles. The average molecular weight is 411 g/mol. The zero-order valence-corrected chi connectivity index (χ0v) is 17.0. The lowest BCUT2D eigenvalue weighted by Crippen LogP contribution is -2.13. The van der Waals surface area contributed by atoms with E-state index in [9.17, 15) is 4.79 Å². The van der Waals surface area contributed by atoms with Gasteiger partial charge in [-0.2, -0.15) is 0 Å². The van der Waals surface area contributed by atoms with Crippen LogP contribution in [0.15, 0.2) is 91.3 Å². The molecule has 0 radical (unpaired) electrons. The Morgan fingerprint density at radius 3 is 2.32 bits per heavy atom. The first-order chi connectivity index (χ1) is 15.2. The van der Waals surface area contributed by atoms with Gasteiger partial charge in [0, 0.05) is 23.6 Å². The maximum absolute atomic E-state index is 12.6. The molecule has 0 bridgehead atoms. The summed E-state index contributed by atoms with van der Waals surface area (Å²) in [6, 6.07) is 24.4. The Hall–Kier alpha value is -4.19. The van der Waals surface area contributed by atoms with Crippen LogP contribution in [0.4, 0.5) is 5.69 Å². The minimum atomic E-state index is -0.182. The van der Waals surface area contributed by atoms with E-state index in [1.54, 1.807) is 42.7 Å². The summed E-state index contributed by atoms with van der Waals surface area (Å²) in [4.78, 5) is 20.7. The van der Waals surface area contributed by atoms with Gasteiger partial charge < -0.3 is 14.8 Å². The lowest BCUT2D eigenvalue weighted by molar-refractivity contribution is 0.102. The van der Waals surface area contributed by atoms with Crippen LogP contribution >= 0.6 is 0 Å². The number of anilines is 1. The molecule has 1 aromatic heterocycles. The van der Waals surface area contributed by atoms with E-state index in [1.165, 1.54) is 0 Å². The van der Waals surface area contributed by atoms with Crippen LogP contribution in [0.1, 0.15) is 21.5 Å². The molecule has 0 unspecified atom stereocenters. The molecule has 1 amide bonds. The molecule has 6 nitrogen and oxygen atoms in total. The molecule has 0 aliphatic carbocycles. The van der Waals surface area contributed by atoms with Crippen molar-refractivity contribution >= 4 is 11.6 Å². The largest absolute Gasteiger partial charge is 0.489 e. The smallest absolute Gasteiger partial charge is 0.321 e. The van der Waals surface area contributed by atoms with Crippen LogP contribution in [0, 0.1) is 6.92 Å². The van der Waals surface area contributed by atoms with Gasteiger partial charge in [0.25, 0.3) is 5.91 Å². The second kappa shape index (κ2) is 9.54. The van der Waals surface area contributed by atoms with Crippen molar-refractivity contribution < 1.29 is 14.3 Å². The molecule has 3 aromatic carbocycles. The minimum absolute atomic E-state index is 0.182. The summed E-state index contributed by atoms with van der Waals surface area (Å²) in [5.41, 5.74) is 3.14. The standard InChI is InChI=1S/C25H21N3O3/c1-18-16-22(31-25-26-14-5-15-27-25)12-13-23(18)28-24(29)20-10-8-19(9-11-20)17-30-21-6-3-2-4-7-21/h2-16H,17H2,1H3,(H,28,29). The van der Waals surface area contributed by atoms with Gasteiger partial charge in [-0.25, -0.2) is 9.97 Å². The number of rotatable bonds is 7. The first-order valence-electron chi connectivity index (χ1n) is 9.81. The van der Waals surface area contributed by atoms with Crippen LogP contribution in [-0.2, 0) is 6.61 Å². The Morgan fingerprint density at radius 2 is 1.61 bits per heavy atom. The Morgan fingerprint density at radius 1 is 0.871 bits per heavy atom. The maximum atomic E-state index is 12.6. The highest BCUT2D eigenvalue weighted by Crippen LogP contribution is 2.24. The number of ether oxygens (including phenoxy) is 2. The molecule has 0 atom stereocenters. The molecule has 0 saturated carbocycles. The molecule has 1 N–H and O–H groups in total. The van der Waals surface area contributed by atoms with Crippen LogP contribution in [0.3, 0.4) is 0 Å². The molecule has 0 spiro atoms. The van der Waals surface area contributed by atoms with Gasteiger partial charge in [-0.05, 0) is 66.6 Å². The van der Waals surface area contributed by atoms with Crippen LogP contribution in [0.5, 0.6) is 17.5 Å². The van der Waals surface area contributed by atoms with Crippen LogP contribution in [0.25, 0.3) is 0 Å². The first-order valence-corrected chi connectivity index (χ1v) is 9.81. The van der Waals surface area contributed by atoms with Gasteiger partial charge in [-0.15, -0.1) is 0 Å². The number of benzene rings is 3. The monoisotopic (exact) mass is 411 g/mol. The van der Waals surface area contributed by atoms with Gasteiger partial charge in [0.05, 0.1) is 0 Å². The van der Waals surface area contributed by atoms with E-state index in [-0.39, 0.29) is 11.9 Å². The Labute approximate surface area is 180 Å². The fraction of sp³-hybridized carbons (Fsp3) is 0.0800. The summed E-state index contributed by atoms with van der Waals surface area (Å²) in [7, 11) is 0. The molecule has 154 valence electrons. The van der Waals surface area contributed by atoms with Gasteiger partial charge >= 0.3 is 6.01 Å². The second-order valence-electron chi connectivity index (χ2n) is 6.86. The van der Waals surface area contributed by atoms with E-state index < -0.39 is 0 Å². The third-order valence-electron chi connectivity index (χ3n) is 4.56. The van der Waals surface area contributed by atoms with Gasteiger partial charge in [-0.3, -0.25) is 4.79 Å². The molecule has 0 aliphatic heterocycles. The van der Waals surface area contributed by atoms with Gasteiger partial charge in [0.15, 0.2) is 0 Å². The molecule has 4 aromatic rings. The average Bonchev–Trinajstić information content (AvgIpc) is 2.81. The molecular weight excluding hydrogens is 390 g/mol. The highest BCUT2D eigenvalue weighted by atomic mass is 16.5. The summed E-state index contributed by atoms with van der Waals surface area (Å²) in [6.45, 7) is 2.34. The number of nitrogens with zero attached hydrogens (tertiary/aromatic N) is 2. The predicted molar refractivity (Wildman–Crippen MR) is 118 cm³/mol. The lowest BCUT2D eigenvalue weighted by atomic mass is 10.1. The normalized spacial score (nSPS) is 10.4. The fourth-order valence-electron chi connectivity index (χ4n) is 2.91. The van der Waals surface area contributed by atoms with Gasteiger partial charge in [0.2, 0.25) is 0 Å². The van der Waals surface area contributed by atoms with E-state index in [0.717, 1.165) is 16.9 Å². The van der Waals surface area contributed by atoms with Crippen molar-refractivity contribution in [2.24, 2.45) is 0 Å². The number of hydrogen-bond donors (Lipinski definition) is 1. The number of carbonyl (C=O) groups is 1. The van der Waals surface area contributed by atoms with Crippen molar-refractivity contribution in [2.45, 2.75) is 13.5 Å². The summed E-state index contributed by atoms with van der Waals surface area (Å²) in [5.74, 6) is 1.23. The number of nitrogens with one attached hydrogen (secondary N) is 1. The first kappa shape index (κ1) is 20.1. The van der Waals surface area contributed by atoms with Crippen molar-refractivity contribution in [1.82, 2.24) is 9.97 Å². The van der Waals surface area contributed by atoms with Crippen LogP contribution in [0.2, 0.25) is 0 Å². The Balaban J connectivity index is 1.36. The van der Waals surface area contributed by atoms with Crippen LogP contribution < -0.4 is 14.8 Å². The highest BCUT2D eigenvalue weighted by Gasteiger charge is 2.09. The molecule has 4 rings (SSSR count). The van der Waals surface area contributed by atoms with Crippen molar-refractivity contribution in [2.75, 3.05) is 5.32 Å². The summed E-state index contributed by atoms with van der Waals surface area (Å²) in [5, 5.41) is 2.94. The maximum Gasteiger partial charge on any atom is 0.321 e. The summed E-state index contributed by atoms with van der Waals surface area (Å²) in [6.07, 6.45) is 3.23. The number of hydrogen-bond acceptors (Lipinski definition) is 5. The highest BCUT2D eigenvalue weighted by molar-refractivity contribution is 6.04. The third kappa shape index (κ3) is 5.45. The fourth-order valence-corrected chi connectivity index (χ4v) is 2.91. The Bertz CT molecular complexity index is 1150. The molecular formula is C25H21N3O3. The van der Waals surface area contributed by atoms with E-state index >= 15 is 0 Å². The van der Waals surface area contributed by atoms with E-state index in [1.807, 2.05) is 55.5 Å². The van der Waals surface area contributed by atoms with Gasteiger partial charge in [0.1, 0.15) is 18.1 Å². The third-order valence-corrected chi connectivity index (χ3v) is 4.56. The van der Waals surface area contributed by atoms with Crippen LogP contribution in [-0.4, -0.2) is 15.9 Å². The van der Waals surface area contributed by atoms with Crippen molar-refractivity contribution in [1.29, 1.82) is 0 Å². The summed E-state index contributed by atoms with van der Waals surface area (Å²) < 4.78 is 11.4.